The number of benzene rings is 2. The topological polar surface area (TPSA) is 129 Å². The molecule has 1 saturated heterocycles. The molecule has 1 amide bonds. The normalized spacial score (nSPS) is 32.7. The van der Waals surface area contributed by atoms with Crippen molar-refractivity contribution in [2.75, 3.05) is 71.0 Å². The molecule has 7 rings (SSSR count). The molecule has 2 aliphatic carbocycles. The van der Waals surface area contributed by atoms with Gasteiger partial charge in [0.25, 0.3) is 5.91 Å². The maximum absolute atomic E-state index is 13.6. The maximum Gasteiger partial charge on any atom is 0.317 e. The Kier molecular flexibility index (Phi) is 10.9. The number of aryl methyl sites for hydroxylation is 1. The van der Waals surface area contributed by atoms with Gasteiger partial charge in [0.1, 0.15) is 11.4 Å². The van der Waals surface area contributed by atoms with Gasteiger partial charge in [-0.15, -0.1) is 0 Å². The molecule has 3 aliphatic heterocycles. The minimum Gasteiger partial charge on any atom is -0.490 e. The number of hydrogen-bond donors (Lipinski definition) is 2. The summed E-state index contributed by atoms with van der Waals surface area (Å²) in [7, 11) is -2.21. The molecule has 2 aromatic carbocycles. The van der Waals surface area contributed by atoms with Gasteiger partial charge in [-0.2, -0.15) is 0 Å². The summed E-state index contributed by atoms with van der Waals surface area (Å²) in [6.45, 7) is 8.93. The number of carboxylic acids is 1. The Bertz CT molecular complexity index is 1850. The summed E-state index contributed by atoms with van der Waals surface area (Å²) in [6, 6.07) is 11.5. The molecule has 13 heteroatoms. The van der Waals surface area contributed by atoms with Gasteiger partial charge >= 0.3 is 5.97 Å². The highest BCUT2D eigenvalue weighted by molar-refractivity contribution is 7.90. The summed E-state index contributed by atoms with van der Waals surface area (Å²) >= 11 is 6.48. The van der Waals surface area contributed by atoms with Gasteiger partial charge in [0, 0.05) is 68.9 Å². The Labute approximate surface area is 318 Å². The monoisotopic (exact) mass is 768 g/mol. The molecule has 53 heavy (non-hydrogen) atoms. The Morgan fingerprint density at radius 3 is 2.58 bits per heavy atom. The van der Waals surface area contributed by atoms with Gasteiger partial charge in [-0.05, 0) is 105 Å². The van der Waals surface area contributed by atoms with Crippen LogP contribution in [0.1, 0.15) is 67.4 Å². The van der Waals surface area contributed by atoms with Gasteiger partial charge in [0.15, 0.2) is 0 Å². The van der Waals surface area contributed by atoms with E-state index in [1.165, 1.54) is 11.1 Å². The van der Waals surface area contributed by atoms with Gasteiger partial charge in [-0.1, -0.05) is 36.7 Å². The number of fused-ring (bicyclic) bond motifs is 4. The fourth-order valence-electron chi connectivity index (χ4n) is 9.45. The summed E-state index contributed by atoms with van der Waals surface area (Å²) in [6.07, 6.45) is 9.66. The van der Waals surface area contributed by atoms with Gasteiger partial charge in [0.05, 0.1) is 24.1 Å². The van der Waals surface area contributed by atoms with Crippen LogP contribution in [-0.2, 0) is 31.4 Å². The summed E-state index contributed by atoms with van der Waals surface area (Å²) in [4.78, 5) is 31.8. The first-order valence-electron chi connectivity index (χ1n) is 19.1. The van der Waals surface area contributed by atoms with E-state index in [9.17, 15) is 23.1 Å². The summed E-state index contributed by atoms with van der Waals surface area (Å²) in [5.74, 6) is -0.600. The molecule has 1 spiro atoms. The van der Waals surface area contributed by atoms with E-state index < -0.39 is 32.8 Å². The van der Waals surface area contributed by atoms with Crippen molar-refractivity contribution in [2.24, 2.45) is 17.8 Å². The van der Waals surface area contributed by atoms with Crippen LogP contribution in [0.25, 0.3) is 0 Å². The molecule has 2 N–H and O–H groups in total. The molecule has 2 bridgehead atoms. The largest absolute Gasteiger partial charge is 0.490 e. The van der Waals surface area contributed by atoms with E-state index in [0.717, 1.165) is 55.9 Å². The van der Waals surface area contributed by atoms with Crippen LogP contribution in [0.4, 0.5) is 5.69 Å². The predicted octanol–water partition coefficient (Wildman–Crippen LogP) is 4.97. The zero-order valence-corrected chi connectivity index (χ0v) is 32.6. The average Bonchev–Trinajstić information content (AvgIpc) is 3.26. The molecule has 2 fully saturated rings. The zero-order chi connectivity index (χ0) is 37.5. The summed E-state index contributed by atoms with van der Waals surface area (Å²) in [5.41, 5.74) is 2.63. The first-order chi connectivity index (χ1) is 25.3. The van der Waals surface area contributed by atoms with Crippen LogP contribution in [0, 0.1) is 17.8 Å². The number of sulfonamides is 1. The Hall–Kier alpha value is -3.16. The number of carbonyl (C=O) groups is 2. The average molecular weight is 769 g/mol. The second kappa shape index (κ2) is 15.2. The number of nitrogens with zero attached hydrogens (tertiary/aromatic N) is 3. The highest BCUT2D eigenvalue weighted by Crippen LogP contribution is 2.49. The molecule has 0 aromatic heterocycles. The molecule has 5 aliphatic rings. The number of nitrogens with one attached hydrogen (secondary N) is 1. The summed E-state index contributed by atoms with van der Waals surface area (Å²) in [5, 5.41) is 9.26. The van der Waals surface area contributed by atoms with Gasteiger partial charge in [0.2, 0.25) is 10.0 Å². The third kappa shape index (κ3) is 7.72. The molecule has 1 saturated carbocycles. The highest BCUT2D eigenvalue weighted by Gasteiger charge is 2.50. The third-order valence-corrected chi connectivity index (χ3v) is 15.1. The number of carbonyl (C=O) groups excluding carboxylic acids is 1. The lowest BCUT2D eigenvalue weighted by Crippen LogP contribution is -2.59. The number of methoxy groups -OCH3 is 1. The number of rotatable bonds is 5. The lowest BCUT2D eigenvalue weighted by molar-refractivity contribution is -0.139. The second-order valence-corrected chi connectivity index (χ2v) is 18.6. The Morgan fingerprint density at radius 1 is 1.09 bits per heavy atom. The Morgan fingerprint density at radius 2 is 1.87 bits per heavy atom. The Balaban J connectivity index is 1.28. The fourth-order valence-corrected chi connectivity index (χ4v) is 10.9. The number of anilines is 1. The number of allylic oxidation sites excluding steroid dienone is 1. The fraction of sp³-hybridized carbons (Fsp3) is 0.600. The first-order valence-corrected chi connectivity index (χ1v) is 21.0. The van der Waals surface area contributed by atoms with Crippen LogP contribution in [-0.4, -0.2) is 112 Å². The molecular weight excluding hydrogens is 716 g/mol. The maximum atomic E-state index is 13.6. The highest BCUT2D eigenvalue weighted by atomic mass is 35.5. The molecule has 0 radical (unpaired) electrons. The number of hydrogen-bond acceptors (Lipinski definition) is 9. The smallest absolute Gasteiger partial charge is 0.317 e. The zero-order valence-electron chi connectivity index (χ0n) is 31.1. The minimum absolute atomic E-state index is 0.0367. The van der Waals surface area contributed by atoms with Crippen LogP contribution in [0.5, 0.6) is 5.75 Å². The number of piperazine rings is 1. The molecule has 2 aromatic rings. The number of amides is 1. The SMILES string of the molecule is CO[C@@]1(CN2CCN(CC(=O)O)CC2)/C=C\C[C@H](C)[C@@H](C)S(=O)(=O)NC(=O)c2ccc3c(c2)N(C[C@@H]2CC[C@H]21)C[C@@]1(CCCc2cc(Cl)ccc21)CO3. The van der Waals surface area contributed by atoms with E-state index in [1.807, 2.05) is 24.0 Å². The first kappa shape index (κ1) is 38.1. The van der Waals surface area contributed by atoms with E-state index in [1.54, 1.807) is 26.2 Å². The number of halogens is 1. The van der Waals surface area contributed by atoms with Crippen molar-refractivity contribution in [3.8, 4) is 5.75 Å². The van der Waals surface area contributed by atoms with Gasteiger partial charge in [-0.3, -0.25) is 19.4 Å². The van der Waals surface area contributed by atoms with E-state index >= 15 is 0 Å². The van der Waals surface area contributed by atoms with Crippen molar-refractivity contribution >= 4 is 39.2 Å². The van der Waals surface area contributed by atoms with E-state index in [2.05, 4.69) is 38.8 Å². The third-order valence-electron chi connectivity index (χ3n) is 12.9. The minimum atomic E-state index is -3.99. The number of carboxylic acid groups (broad SMARTS) is 1. The van der Waals surface area contributed by atoms with Crippen LogP contribution in [0.15, 0.2) is 48.6 Å². The van der Waals surface area contributed by atoms with Crippen molar-refractivity contribution in [2.45, 2.75) is 68.6 Å². The van der Waals surface area contributed by atoms with E-state index in [-0.39, 0.29) is 35.3 Å². The molecule has 3 heterocycles. The van der Waals surface area contributed by atoms with E-state index in [4.69, 9.17) is 21.1 Å². The van der Waals surface area contributed by atoms with Crippen molar-refractivity contribution in [1.29, 1.82) is 0 Å². The molecular formula is C40H53ClN4O7S. The molecule has 6 atom stereocenters. The predicted molar refractivity (Wildman–Crippen MR) is 205 cm³/mol. The van der Waals surface area contributed by atoms with Crippen LogP contribution in [0.2, 0.25) is 5.02 Å². The second-order valence-electron chi connectivity index (χ2n) is 16.1. The molecule has 11 nitrogen and oxygen atoms in total. The molecule has 0 unspecified atom stereocenters. The van der Waals surface area contributed by atoms with Gasteiger partial charge < -0.3 is 19.5 Å². The van der Waals surface area contributed by atoms with E-state index in [0.29, 0.717) is 51.5 Å². The number of ether oxygens (including phenoxy) is 2. The lowest BCUT2D eigenvalue weighted by Gasteiger charge is -2.52. The van der Waals surface area contributed by atoms with Gasteiger partial charge in [-0.25, -0.2) is 13.1 Å². The summed E-state index contributed by atoms with van der Waals surface area (Å²) < 4.78 is 42.8. The van der Waals surface area contributed by atoms with Crippen molar-refractivity contribution in [3.63, 3.8) is 0 Å². The van der Waals surface area contributed by atoms with Crippen LogP contribution in [0.3, 0.4) is 0 Å². The van der Waals surface area contributed by atoms with Crippen LogP contribution >= 0.6 is 11.6 Å². The quantitative estimate of drug-likeness (QED) is 0.403. The van der Waals surface area contributed by atoms with Crippen molar-refractivity contribution < 1.29 is 32.6 Å². The molecule has 288 valence electrons. The standard InChI is InChI=1S/C40H53ClN4O7S/c1-27-6-4-15-40(51-3,25-44-18-16-43(17-19-44)23-37(46)47)34-11-8-31(34)22-45-24-39(14-5-7-29-20-32(41)10-12-33(29)39)26-52-36-13-9-30(21-35(36)45)38(48)42-53(49,50)28(27)2/h4,9-10,12-13,15,20-21,27-28,31,34H,5-8,11,14,16-19,22-26H2,1-3H3,(H,42,48)(H,46,47)/b15-4-/t27-,28+,31-,34+,39-,40+/m0/s1. The van der Waals surface area contributed by atoms with Crippen LogP contribution < -0.4 is 14.4 Å². The van der Waals surface area contributed by atoms with Crippen molar-refractivity contribution in [3.05, 3.63) is 70.3 Å². The lowest BCUT2D eigenvalue weighted by atomic mass is 9.63. The van der Waals surface area contributed by atoms with Crippen molar-refractivity contribution in [1.82, 2.24) is 14.5 Å². The number of aliphatic carboxylic acids is 1.